The minimum atomic E-state index is -0.644. The summed E-state index contributed by atoms with van der Waals surface area (Å²) in [6.07, 6.45) is 4.37. The lowest BCUT2D eigenvalue weighted by atomic mass is 9.81. The Morgan fingerprint density at radius 1 is 0.481 bits per heavy atom. The summed E-state index contributed by atoms with van der Waals surface area (Å²) in [6.45, 7) is 19.5. The van der Waals surface area contributed by atoms with Crippen molar-refractivity contribution in [3.63, 3.8) is 0 Å². The first kappa shape index (κ1) is 62.9. The number of aliphatic imine (C=N–C) groups is 2. The first-order chi connectivity index (χ1) is 37.9. The fourth-order valence-electron chi connectivity index (χ4n) is 9.73. The highest BCUT2D eigenvalue weighted by Gasteiger charge is 2.41. The van der Waals surface area contributed by atoms with E-state index in [0.717, 1.165) is 12.8 Å². The van der Waals surface area contributed by atoms with Crippen LogP contribution in [0.5, 0.6) is 23.0 Å². The molecule has 0 unspecified atom stereocenters. The molecule has 0 spiro atoms. The van der Waals surface area contributed by atoms with Crippen LogP contribution in [0.25, 0.3) is 0 Å². The Morgan fingerprint density at radius 3 is 1.19 bits per heavy atom. The summed E-state index contributed by atoms with van der Waals surface area (Å²) in [5.41, 5.74) is 11.4. The molecule has 6 rings (SSSR count). The first-order valence-electron chi connectivity index (χ1n) is 27.7. The molecule has 0 aliphatic heterocycles. The topological polar surface area (TPSA) is 299 Å². The van der Waals surface area contributed by atoms with E-state index in [-0.39, 0.29) is 67.5 Å². The summed E-state index contributed by atoms with van der Waals surface area (Å²) >= 11 is 0. The maximum Gasteiger partial charge on any atom is 0.200 e. The number of phenolic OH excluding ortho intramolecular Hbond substituents is 4. The number of aromatic hydroxyl groups is 4. The van der Waals surface area contributed by atoms with Crippen LogP contribution in [0.4, 0.5) is 22.7 Å². The van der Waals surface area contributed by atoms with Gasteiger partial charge in [0.2, 0.25) is 23.1 Å². The van der Waals surface area contributed by atoms with Gasteiger partial charge in [-0.2, -0.15) is 0 Å². The number of likely N-dealkylation sites (N-methyl/N-ethyl adjacent to an activating group) is 2. The predicted octanol–water partition coefficient (Wildman–Crippen LogP) is 8.12. The molecule has 4 aromatic rings. The van der Waals surface area contributed by atoms with Gasteiger partial charge in [0.15, 0.2) is 0 Å². The second kappa shape index (κ2) is 26.1. The third-order valence-corrected chi connectivity index (χ3v) is 14.5. The van der Waals surface area contributed by atoms with E-state index >= 15 is 0 Å². The number of ketones is 4. The van der Waals surface area contributed by atoms with Crippen molar-refractivity contribution in [3.05, 3.63) is 93.0 Å². The van der Waals surface area contributed by atoms with Gasteiger partial charge in [-0.25, -0.2) is 0 Å². The first-order valence-corrected chi connectivity index (χ1v) is 27.7. The number of phenols is 4. The Bertz CT molecular complexity index is 3050. The molecular weight excluding hydrogens is 1030 g/mol. The number of nitrogens with one attached hydrogen (secondary N) is 4. The smallest absolute Gasteiger partial charge is 0.200 e. The maximum atomic E-state index is 14.1. The number of amidine groups is 2. The van der Waals surface area contributed by atoms with Gasteiger partial charge in [0.05, 0.1) is 73.9 Å². The highest BCUT2D eigenvalue weighted by atomic mass is 16.5. The molecule has 2 aliphatic rings. The van der Waals surface area contributed by atoms with Crippen LogP contribution in [0.15, 0.2) is 58.5 Å². The molecule has 0 aromatic heterocycles. The zero-order valence-corrected chi connectivity index (χ0v) is 49.4. The molecule has 0 fully saturated rings. The average molecular weight is 1120 g/mol. The number of nitrogens with zero attached hydrogens (tertiary/aromatic N) is 4. The Kier molecular flexibility index (Phi) is 20.3. The van der Waals surface area contributed by atoms with Crippen LogP contribution >= 0.6 is 0 Å². The number of ether oxygens (including phenoxy) is 2. The summed E-state index contributed by atoms with van der Waals surface area (Å²) in [4.78, 5) is 69.4. The Morgan fingerprint density at radius 2 is 0.815 bits per heavy atom. The number of unbranched alkanes of at least 4 members (excludes halogenated alkanes) is 1. The molecule has 81 heavy (non-hydrogen) atoms. The van der Waals surface area contributed by atoms with Crippen molar-refractivity contribution in [2.75, 3.05) is 102 Å². The molecule has 20 nitrogen and oxygen atoms in total. The van der Waals surface area contributed by atoms with Crippen molar-refractivity contribution in [1.29, 1.82) is 0 Å². The van der Waals surface area contributed by atoms with Gasteiger partial charge in [0.1, 0.15) is 23.0 Å². The highest BCUT2D eigenvalue weighted by molar-refractivity contribution is 6.34. The number of benzene rings is 4. The minimum Gasteiger partial charge on any atom is -0.507 e. The van der Waals surface area contributed by atoms with E-state index in [0.29, 0.717) is 119 Å². The fourth-order valence-corrected chi connectivity index (χ4v) is 9.73. The SMILES string of the molecule is CN(C)CCNc1ccc(O)c2c1C(=O)c1c(O)ccc(NC(C)(C)CCOC(C)(C)CCN=C(N)CCCCC(N)=NCC(C)(C)OCCC(C)(C)Nc3ccc(O)c4c3C(=O)c3c(O)ccc(NCCN(C)C)c3C4=O)c1C2=O. The lowest BCUT2D eigenvalue weighted by molar-refractivity contribution is -0.0264. The summed E-state index contributed by atoms with van der Waals surface area (Å²) < 4.78 is 12.6. The van der Waals surface area contributed by atoms with E-state index in [2.05, 4.69) is 31.3 Å². The third-order valence-electron chi connectivity index (χ3n) is 14.5. The van der Waals surface area contributed by atoms with Gasteiger partial charge in [0.25, 0.3) is 0 Å². The quantitative estimate of drug-likeness (QED) is 0.00881. The molecule has 4 aromatic carbocycles. The van der Waals surface area contributed by atoms with Crippen LogP contribution in [0.3, 0.4) is 0 Å². The number of hydrogen-bond donors (Lipinski definition) is 10. The van der Waals surface area contributed by atoms with Crippen LogP contribution in [-0.2, 0) is 9.47 Å². The molecule has 0 saturated heterocycles. The van der Waals surface area contributed by atoms with Crippen LogP contribution in [-0.4, -0.2) is 168 Å². The molecule has 0 heterocycles. The number of hydrogen-bond acceptors (Lipinski definition) is 18. The van der Waals surface area contributed by atoms with Crippen molar-refractivity contribution in [2.24, 2.45) is 21.5 Å². The van der Waals surface area contributed by atoms with Gasteiger partial charge in [-0.15, -0.1) is 0 Å². The normalized spacial score (nSPS) is 14.0. The molecule has 12 N–H and O–H groups in total. The van der Waals surface area contributed by atoms with Crippen LogP contribution in [0, 0.1) is 0 Å². The zero-order chi connectivity index (χ0) is 59.8. The van der Waals surface area contributed by atoms with E-state index in [1.165, 1.54) is 24.3 Å². The number of anilines is 4. The second-order valence-electron chi connectivity index (χ2n) is 24.2. The van der Waals surface area contributed by atoms with Crippen LogP contribution in [0.1, 0.15) is 164 Å². The third kappa shape index (κ3) is 16.0. The van der Waals surface area contributed by atoms with E-state index < -0.39 is 45.4 Å². The summed E-state index contributed by atoms with van der Waals surface area (Å²) in [5.74, 6) is -2.44. The summed E-state index contributed by atoms with van der Waals surface area (Å²) in [6, 6.07) is 11.9. The monoisotopic (exact) mass is 1120 g/mol. The number of fused-ring (bicyclic) bond motifs is 4. The lowest BCUT2D eigenvalue weighted by Crippen LogP contribution is -2.37. The van der Waals surface area contributed by atoms with Gasteiger partial charge >= 0.3 is 0 Å². The number of carbonyl (C=O) groups is 4. The van der Waals surface area contributed by atoms with E-state index in [4.69, 9.17) is 20.9 Å². The van der Waals surface area contributed by atoms with Crippen LogP contribution < -0.4 is 32.7 Å². The number of nitrogens with two attached hydrogens (primary N) is 2. The summed E-state index contributed by atoms with van der Waals surface area (Å²) in [5, 5.41) is 56.8. The average Bonchev–Trinajstić information content (AvgIpc) is 3.54. The second-order valence-corrected chi connectivity index (χ2v) is 24.2. The predicted molar refractivity (Wildman–Crippen MR) is 321 cm³/mol. The minimum absolute atomic E-state index is 0.00158. The lowest BCUT2D eigenvalue weighted by Gasteiger charge is -2.32. The van der Waals surface area contributed by atoms with Gasteiger partial charge in [0, 0.05) is 92.6 Å². The van der Waals surface area contributed by atoms with Gasteiger partial charge in [-0.3, -0.25) is 29.2 Å². The van der Waals surface area contributed by atoms with Crippen molar-refractivity contribution in [1.82, 2.24) is 9.80 Å². The Labute approximate surface area is 476 Å². The van der Waals surface area contributed by atoms with Gasteiger partial charge in [-0.05, 0) is 164 Å². The summed E-state index contributed by atoms with van der Waals surface area (Å²) in [7, 11) is 7.68. The number of carbonyl (C=O) groups excluding carboxylic acids is 4. The molecule has 0 atom stereocenters. The molecule has 0 radical (unpaired) electrons. The molecular formula is C61H86N10O10. The van der Waals surface area contributed by atoms with E-state index in [1.54, 1.807) is 24.3 Å². The van der Waals surface area contributed by atoms with Crippen molar-refractivity contribution in [3.8, 4) is 23.0 Å². The molecule has 440 valence electrons. The largest absolute Gasteiger partial charge is 0.507 e. The van der Waals surface area contributed by atoms with E-state index in [9.17, 15) is 39.6 Å². The van der Waals surface area contributed by atoms with Crippen molar-refractivity contribution >= 4 is 57.6 Å². The van der Waals surface area contributed by atoms with Crippen LogP contribution in [0.2, 0.25) is 0 Å². The fraction of sp³-hybridized carbons (Fsp3) is 0.508. The van der Waals surface area contributed by atoms with Gasteiger partial charge < -0.3 is 72.4 Å². The molecule has 20 heteroatoms. The van der Waals surface area contributed by atoms with Crippen molar-refractivity contribution in [2.45, 2.75) is 123 Å². The van der Waals surface area contributed by atoms with E-state index in [1.807, 2.05) is 93.4 Å². The zero-order valence-electron chi connectivity index (χ0n) is 49.4. The number of rotatable bonds is 30. The molecule has 0 saturated carbocycles. The highest BCUT2D eigenvalue weighted by Crippen LogP contribution is 2.45. The Hall–Kier alpha value is -7.26. The molecule has 2 aliphatic carbocycles. The molecule has 0 bridgehead atoms. The van der Waals surface area contributed by atoms with Gasteiger partial charge in [-0.1, -0.05) is 0 Å². The maximum absolute atomic E-state index is 14.1. The molecule has 0 amide bonds. The van der Waals surface area contributed by atoms with Crippen molar-refractivity contribution < 1.29 is 49.1 Å². The standard InChI is InChI=1S/C61H86N10O10/c1-58(2,68-38-19-23-42(74)52-48(38)56(78)50-40(72)21-17-36(46(50)54(52)76)64-29-31-70(9)10)26-33-80-60(5,6)25-28-66-44(62)15-13-14-16-45(63)67-35-61(7,8)81-34-27-59(3,4)69-39-20-24-43(75)53-49(39)57(79)51-41(73)22-18-37(47(51)55(53)77)65-30-32-71(11)12/h17-24,64-65,68-69,72-75H,13-16,25-35H2,1-12H3,(H2,62,66)(H2,63,67). The Balaban J connectivity index is 0.914.